The number of amides is 1. The van der Waals surface area contributed by atoms with Gasteiger partial charge in [0.05, 0.1) is 12.6 Å². The number of aliphatic hydroxyl groups is 1. The van der Waals surface area contributed by atoms with Gasteiger partial charge in [0.1, 0.15) is 0 Å². The number of carbonyl (C=O) groups is 1. The molecule has 1 aromatic rings. The van der Waals surface area contributed by atoms with Crippen LogP contribution in [-0.4, -0.2) is 30.8 Å². The Labute approximate surface area is 107 Å². The molecule has 0 aliphatic heterocycles. The van der Waals surface area contributed by atoms with Gasteiger partial charge in [-0.2, -0.15) is 0 Å². The Bertz CT molecular complexity index is 382. The topological polar surface area (TPSA) is 84.6 Å². The minimum absolute atomic E-state index is 0.0520. The van der Waals surface area contributed by atoms with Crippen LogP contribution in [0.5, 0.6) is 0 Å². The number of ether oxygens (including phenoxy) is 1. The van der Waals surface area contributed by atoms with Gasteiger partial charge in [0.2, 0.25) is 5.91 Å². The van der Waals surface area contributed by atoms with E-state index in [1.54, 1.807) is 31.4 Å². The smallest absolute Gasteiger partial charge is 0.241 e. The van der Waals surface area contributed by atoms with Crippen LogP contribution in [0, 0.1) is 0 Å². The van der Waals surface area contributed by atoms with E-state index in [4.69, 9.17) is 15.6 Å². The second-order valence-corrected chi connectivity index (χ2v) is 4.09. The molecule has 1 amide bonds. The van der Waals surface area contributed by atoms with Crippen LogP contribution in [0.3, 0.4) is 0 Å². The maximum Gasteiger partial charge on any atom is 0.241 e. The third kappa shape index (κ3) is 4.83. The zero-order valence-corrected chi connectivity index (χ0v) is 10.6. The molecule has 100 valence electrons. The molecular weight excluding hydrogens is 232 g/mol. The van der Waals surface area contributed by atoms with Crippen LogP contribution >= 0.6 is 0 Å². The molecule has 1 unspecified atom stereocenters. The Hall–Kier alpha value is -1.43. The average molecular weight is 252 g/mol. The number of methoxy groups -OCH3 is 1. The first-order chi connectivity index (χ1) is 8.67. The summed E-state index contributed by atoms with van der Waals surface area (Å²) in [5.41, 5.74) is 7.16. The highest BCUT2D eigenvalue weighted by molar-refractivity contribution is 5.94. The highest BCUT2D eigenvalue weighted by Gasteiger charge is 2.13. The second-order valence-electron chi connectivity index (χ2n) is 4.09. The number of aliphatic hydroxyl groups excluding tert-OH is 1. The maximum absolute atomic E-state index is 11.8. The fourth-order valence-corrected chi connectivity index (χ4v) is 1.56. The molecule has 0 aliphatic rings. The van der Waals surface area contributed by atoms with Crippen LogP contribution in [0.4, 0.5) is 5.69 Å². The molecule has 4 N–H and O–H groups in total. The van der Waals surface area contributed by atoms with Gasteiger partial charge in [-0.15, -0.1) is 0 Å². The quantitative estimate of drug-likeness (QED) is 0.629. The number of hydrogen-bond acceptors (Lipinski definition) is 4. The molecule has 0 aliphatic carbocycles. The van der Waals surface area contributed by atoms with Gasteiger partial charge in [-0.1, -0.05) is 12.1 Å². The number of carbonyl (C=O) groups excluding carboxylic acids is 1. The molecule has 1 atom stereocenters. The summed E-state index contributed by atoms with van der Waals surface area (Å²) in [7, 11) is 1.62. The van der Waals surface area contributed by atoms with Crippen molar-refractivity contribution in [3.8, 4) is 0 Å². The van der Waals surface area contributed by atoms with E-state index in [9.17, 15) is 4.79 Å². The monoisotopic (exact) mass is 252 g/mol. The Balaban J connectivity index is 2.47. The van der Waals surface area contributed by atoms with Gasteiger partial charge in [0.15, 0.2) is 0 Å². The summed E-state index contributed by atoms with van der Waals surface area (Å²) in [6, 6.07) is 6.50. The molecule has 0 heterocycles. The molecule has 5 heteroatoms. The summed E-state index contributed by atoms with van der Waals surface area (Å²) < 4.78 is 4.91. The summed E-state index contributed by atoms with van der Waals surface area (Å²) in [5, 5.41) is 11.7. The molecule has 0 spiro atoms. The Morgan fingerprint density at radius 1 is 1.56 bits per heavy atom. The largest absolute Gasteiger partial charge is 0.392 e. The normalized spacial score (nSPS) is 12.2. The predicted octanol–water partition coefficient (Wildman–Crippen LogP) is 0.871. The lowest BCUT2D eigenvalue weighted by Crippen LogP contribution is -2.35. The minimum atomic E-state index is -0.544. The van der Waals surface area contributed by atoms with Crippen LogP contribution in [0.1, 0.15) is 18.4 Å². The van der Waals surface area contributed by atoms with Crippen molar-refractivity contribution in [1.29, 1.82) is 0 Å². The van der Waals surface area contributed by atoms with Crippen molar-refractivity contribution >= 4 is 11.6 Å². The van der Waals surface area contributed by atoms with Crippen LogP contribution in [-0.2, 0) is 16.1 Å². The zero-order valence-electron chi connectivity index (χ0n) is 10.6. The Kier molecular flexibility index (Phi) is 6.35. The SMILES string of the molecule is COCCCC(N)C(=O)Nc1cccc(CO)c1. The van der Waals surface area contributed by atoms with Gasteiger partial charge < -0.3 is 20.9 Å². The molecule has 0 radical (unpaired) electrons. The van der Waals surface area contributed by atoms with E-state index in [2.05, 4.69) is 5.32 Å². The minimum Gasteiger partial charge on any atom is -0.392 e. The van der Waals surface area contributed by atoms with Gasteiger partial charge >= 0.3 is 0 Å². The van der Waals surface area contributed by atoms with Crippen molar-refractivity contribution in [2.45, 2.75) is 25.5 Å². The second kappa shape index (κ2) is 7.81. The molecular formula is C13H20N2O3. The first-order valence-electron chi connectivity index (χ1n) is 5.92. The molecule has 1 rings (SSSR count). The predicted molar refractivity (Wildman–Crippen MR) is 70.1 cm³/mol. The molecule has 0 bridgehead atoms. The summed E-state index contributed by atoms with van der Waals surface area (Å²) in [4.78, 5) is 11.8. The van der Waals surface area contributed by atoms with E-state index < -0.39 is 6.04 Å². The first kappa shape index (κ1) is 14.6. The molecule has 0 fully saturated rings. The number of rotatable bonds is 7. The molecule has 0 aromatic heterocycles. The summed E-state index contributed by atoms with van der Waals surface area (Å²) in [6.45, 7) is 0.546. The van der Waals surface area contributed by atoms with E-state index in [0.717, 1.165) is 12.0 Å². The van der Waals surface area contributed by atoms with Crippen LogP contribution in [0.25, 0.3) is 0 Å². The van der Waals surface area contributed by atoms with Crippen molar-refractivity contribution in [3.63, 3.8) is 0 Å². The number of anilines is 1. The highest BCUT2D eigenvalue weighted by atomic mass is 16.5. The van der Waals surface area contributed by atoms with Crippen molar-refractivity contribution in [2.75, 3.05) is 19.0 Å². The zero-order chi connectivity index (χ0) is 13.4. The van der Waals surface area contributed by atoms with E-state index >= 15 is 0 Å². The lowest BCUT2D eigenvalue weighted by Gasteiger charge is -2.12. The fraction of sp³-hybridized carbons (Fsp3) is 0.462. The van der Waals surface area contributed by atoms with Gasteiger partial charge in [-0.05, 0) is 30.5 Å². The molecule has 18 heavy (non-hydrogen) atoms. The number of benzene rings is 1. The molecule has 0 saturated carbocycles. The molecule has 1 aromatic carbocycles. The van der Waals surface area contributed by atoms with Crippen molar-refractivity contribution in [1.82, 2.24) is 0 Å². The van der Waals surface area contributed by atoms with E-state index in [1.807, 2.05) is 0 Å². The Morgan fingerprint density at radius 3 is 3.00 bits per heavy atom. The third-order valence-corrected chi connectivity index (χ3v) is 2.58. The molecule has 5 nitrogen and oxygen atoms in total. The lowest BCUT2D eigenvalue weighted by molar-refractivity contribution is -0.117. The maximum atomic E-state index is 11.8. The first-order valence-corrected chi connectivity index (χ1v) is 5.92. The summed E-state index contributed by atoms with van der Waals surface area (Å²) in [6.07, 6.45) is 1.33. The van der Waals surface area contributed by atoms with Gasteiger partial charge in [0, 0.05) is 19.4 Å². The van der Waals surface area contributed by atoms with E-state index in [-0.39, 0.29) is 12.5 Å². The summed E-state index contributed by atoms with van der Waals surface area (Å²) >= 11 is 0. The van der Waals surface area contributed by atoms with Gasteiger partial charge in [-0.3, -0.25) is 4.79 Å². The van der Waals surface area contributed by atoms with Crippen LogP contribution in [0.15, 0.2) is 24.3 Å². The third-order valence-electron chi connectivity index (χ3n) is 2.58. The summed E-state index contributed by atoms with van der Waals surface area (Å²) in [5.74, 6) is -0.221. The average Bonchev–Trinajstić information content (AvgIpc) is 2.39. The van der Waals surface area contributed by atoms with Crippen LogP contribution < -0.4 is 11.1 Å². The van der Waals surface area contributed by atoms with E-state index in [1.165, 1.54) is 0 Å². The van der Waals surface area contributed by atoms with Crippen molar-refractivity contribution in [2.24, 2.45) is 5.73 Å². The standard InChI is InChI=1S/C13H20N2O3/c1-18-7-3-6-12(14)13(17)15-11-5-2-4-10(8-11)9-16/h2,4-5,8,12,16H,3,6-7,9,14H2,1H3,(H,15,17). The van der Waals surface area contributed by atoms with Gasteiger partial charge in [-0.25, -0.2) is 0 Å². The Morgan fingerprint density at radius 2 is 2.33 bits per heavy atom. The van der Waals surface area contributed by atoms with Crippen molar-refractivity contribution < 1.29 is 14.6 Å². The van der Waals surface area contributed by atoms with Crippen LogP contribution in [0.2, 0.25) is 0 Å². The van der Waals surface area contributed by atoms with Gasteiger partial charge in [0.25, 0.3) is 0 Å². The molecule has 0 saturated heterocycles. The highest BCUT2D eigenvalue weighted by Crippen LogP contribution is 2.11. The van der Waals surface area contributed by atoms with Crippen molar-refractivity contribution in [3.05, 3.63) is 29.8 Å². The number of hydrogen-bond donors (Lipinski definition) is 3. The number of nitrogens with two attached hydrogens (primary N) is 1. The van der Waals surface area contributed by atoms with E-state index in [0.29, 0.717) is 18.7 Å². The number of nitrogens with one attached hydrogen (secondary N) is 1. The fourth-order valence-electron chi connectivity index (χ4n) is 1.56. The lowest BCUT2D eigenvalue weighted by atomic mass is 10.1.